The maximum atomic E-state index is 12.5. The number of amides is 1. The molecule has 0 heterocycles. The quantitative estimate of drug-likeness (QED) is 0.883. The van der Waals surface area contributed by atoms with Gasteiger partial charge in [-0.05, 0) is 48.5 Å². The van der Waals surface area contributed by atoms with E-state index in [1.165, 1.54) is 31.4 Å². The van der Waals surface area contributed by atoms with Crippen molar-refractivity contribution in [3.63, 3.8) is 0 Å². The molecule has 0 radical (unpaired) electrons. The number of rotatable bonds is 5. The molecule has 0 aliphatic carbocycles. The highest BCUT2D eigenvalue weighted by Gasteiger charge is 2.20. The second kappa shape index (κ2) is 6.62. The Kier molecular flexibility index (Phi) is 4.63. The van der Waals surface area contributed by atoms with Crippen molar-refractivity contribution in [3.8, 4) is 11.5 Å². The van der Waals surface area contributed by atoms with Gasteiger partial charge in [-0.2, -0.15) is 0 Å². The van der Waals surface area contributed by atoms with Crippen LogP contribution >= 0.6 is 0 Å². The molecule has 2 aromatic rings. The van der Waals surface area contributed by atoms with Gasteiger partial charge in [0.2, 0.25) is 0 Å². The molecular weight excluding hydrogens is 286 g/mol. The molecular formula is C16H15NO5. The third-order valence-electron chi connectivity index (χ3n) is 3.04. The molecule has 22 heavy (non-hydrogen) atoms. The minimum Gasteiger partial charge on any atom is -0.508 e. The number of carboxylic acid groups (broad SMARTS) is 1. The Bertz CT molecular complexity index is 664. The molecule has 1 amide bonds. The van der Waals surface area contributed by atoms with Crippen LogP contribution in [0.1, 0.15) is 10.4 Å². The minimum atomic E-state index is -1.13. The summed E-state index contributed by atoms with van der Waals surface area (Å²) < 4.78 is 5.02. The van der Waals surface area contributed by atoms with Crippen LogP contribution in [0.15, 0.2) is 48.5 Å². The number of ether oxygens (including phenoxy) is 1. The molecule has 0 spiro atoms. The first-order valence-corrected chi connectivity index (χ1v) is 6.48. The molecule has 0 saturated heterocycles. The zero-order valence-electron chi connectivity index (χ0n) is 11.9. The second-order valence-electron chi connectivity index (χ2n) is 4.53. The Morgan fingerprint density at radius 1 is 1.05 bits per heavy atom. The zero-order chi connectivity index (χ0) is 16.1. The molecule has 0 aliphatic heterocycles. The molecule has 0 aliphatic rings. The minimum absolute atomic E-state index is 0.0379. The van der Waals surface area contributed by atoms with E-state index in [9.17, 15) is 14.7 Å². The molecule has 2 N–H and O–H groups in total. The number of hydrogen-bond donors (Lipinski definition) is 2. The number of phenolic OH excluding ortho intramolecular Hbond substituents is 1. The van der Waals surface area contributed by atoms with Crippen molar-refractivity contribution in [2.45, 2.75) is 0 Å². The van der Waals surface area contributed by atoms with Gasteiger partial charge in [0.15, 0.2) is 0 Å². The fraction of sp³-hybridized carbons (Fsp3) is 0.125. The average Bonchev–Trinajstić information content (AvgIpc) is 2.53. The Labute approximate surface area is 127 Å². The van der Waals surface area contributed by atoms with Gasteiger partial charge in [-0.25, -0.2) is 0 Å². The standard InChI is InChI=1S/C16H15NO5/c1-22-14-8-2-11(3-9-14)16(21)17(10-15(19)20)12-4-6-13(18)7-5-12/h2-9,18H,10H2,1H3,(H,19,20). The second-order valence-corrected chi connectivity index (χ2v) is 4.53. The highest BCUT2D eigenvalue weighted by Crippen LogP contribution is 2.21. The number of phenols is 1. The summed E-state index contributed by atoms with van der Waals surface area (Å²) >= 11 is 0. The normalized spacial score (nSPS) is 10.0. The smallest absolute Gasteiger partial charge is 0.323 e. The van der Waals surface area contributed by atoms with Crippen molar-refractivity contribution >= 4 is 17.6 Å². The summed E-state index contributed by atoms with van der Waals surface area (Å²) in [4.78, 5) is 24.7. The Morgan fingerprint density at radius 3 is 2.14 bits per heavy atom. The highest BCUT2D eigenvalue weighted by molar-refractivity contribution is 6.08. The Balaban J connectivity index is 2.32. The Hall–Kier alpha value is -3.02. The van der Waals surface area contributed by atoms with Crippen LogP contribution < -0.4 is 9.64 Å². The van der Waals surface area contributed by atoms with Gasteiger partial charge in [0, 0.05) is 11.3 Å². The van der Waals surface area contributed by atoms with Crippen molar-refractivity contribution in [3.05, 3.63) is 54.1 Å². The lowest BCUT2D eigenvalue weighted by Crippen LogP contribution is -2.35. The lowest BCUT2D eigenvalue weighted by atomic mass is 10.1. The lowest BCUT2D eigenvalue weighted by molar-refractivity contribution is -0.135. The van der Waals surface area contributed by atoms with Crippen LogP contribution in [-0.2, 0) is 4.79 Å². The SMILES string of the molecule is COc1ccc(C(=O)N(CC(=O)O)c2ccc(O)cc2)cc1. The highest BCUT2D eigenvalue weighted by atomic mass is 16.5. The molecule has 0 bridgehead atoms. The van der Waals surface area contributed by atoms with E-state index in [1.807, 2.05) is 0 Å². The Morgan fingerprint density at radius 2 is 1.64 bits per heavy atom. The number of carbonyl (C=O) groups is 2. The van der Waals surface area contributed by atoms with Crippen LogP contribution in [0.4, 0.5) is 5.69 Å². The number of carbonyl (C=O) groups excluding carboxylic acids is 1. The monoisotopic (exact) mass is 301 g/mol. The van der Waals surface area contributed by atoms with E-state index < -0.39 is 18.4 Å². The number of aromatic hydroxyl groups is 1. The maximum absolute atomic E-state index is 12.5. The van der Waals surface area contributed by atoms with E-state index >= 15 is 0 Å². The van der Waals surface area contributed by atoms with E-state index in [4.69, 9.17) is 9.84 Å². The maximum Gasteiger partial charge on any atom is 0.323 e. The largest absolute Gasteiger partial charge is 0.508 e. The average molecular weight is 301 g/mol. The van der Waals surface area contributed by atoms with Gasteiger partial charge in [-0.1, -0.05) is 0 Å². The van der Waals surface area contributed by atoms with Crippen LogP contribution in [0.3, 0.4) is 0 Å². The molecule has 2 aromatic carbocycles. The number of nitrogens with zero attached hydrogens (tertiary/aromatic N) is 1. The third kappa shape index (κ3) is 3.54. The molecule has 6 heteroatoms. The molecule has 0 atom stereocenters. The number of anilines is 1. The van der Waals surface area contributed by atoms with Gasteiger partial charge < -0.3 is 14.9 Å². The number of hydrogen-bond acceptors (Lipinski definition) is 4. The fourth-order valence-corrected chi connectivity index (χ4v) is 1.94. The number of benzene rings is 2. The summed E-state index contributed by atoms with van der Waals surface area (Å²) in [6.07, 6.45) is 0. The first-order valence-electron chi connectivity index (χ1n) is 6.48. The number of methoxy groups -OCH3 is 1. The summed E-state index contributed by atoms with van der Waals surface area (Å²) in [6.45, 7) is -0.477. The first-order chi connectivity index (χ1) is 10.5. The van der Waals surface area contributed by atoms with Crippen LogP contribution in [-0.4, -0.2) is 35.7 Å². The molecule has 2 rings (SSSR count). The van der Waals surface area contributed by atoms with Gasteiger partial charge >= 0.3 is 5.97 Å². The van der Waals surface area contributed by atoms with Crippen molar-refractivity contribution < 1.29 is 24.5 Å². The van der Waals surface area contributed by atoms with Crippen molar-refractivity contribution in [2.75, 3.05) is 18.6 Å². The van der Waals surface area contributed by atoms with Crippen molar-refractivity contribution in [1.82, 2.24) is 0 Å². The van der Waals surface area contributed by atoms with E-state index in [1.54, 1.807) is 24.3 Å². The summed E-state index contributed by atoms with van der Waals surface area (Å²) in [5.74, 6) is -0.937. The summed E-state index contributed by atoms with van der Waals surface area (Å²) in [7, 11) is 1.52. The van der Waals surface area contributed by atoms with E-state index in [0.29, 0.717) is 17.0 Å². The van der Waals surface area contributed by atoms with Crippen molar-refractivity contribution in [1.29, 1.82) is 0 Å². The van der Waals surface area contributed by atoms with Gasteiger partial charge in [-0.3, -0.25) is 14.5 Å². The predicted molar refractivity (Wildman–Crippen MR) is 80.4 cm³/mol. The van der Waals surface area contributed by atoms with Gasteiger partial charge in [-0.15, -0.1) is 0 Å². The summed E-state index contributed by atoms with van der Waals surface area (Å²) in [5, 5.41) is 18.3. The molecule has 0 fully saturated rings. The molecule has 0 saturated carbocycles. The molecule has 6 nitrogen and oxygen atoms in total. The van der Waals surface area contributed by atoms with Crippen LogP contribution in [0, 0.1) is 0 Å². The molecule has 0 aromatic heterocycles. The lowest BCUT2D eigenvalue weighted by Gasteiger charge is -2.21. The van der Waals surface area contributed by atoms with Gasteiger partial charge in [0.1, 0.15) is 18.0 Å². The number of aliphatic carboxylic acids is 1. The fourth-order valence-electron chi connectivity index (χ4n) is 1.94. The molecule has 114 valence electrons. The van der Waals surface area contributed by atoms with Crippen LogP contribution in [0.5, 0.6) is 11.5 Å². The predicted octanol–water partition coefficient (Wildman–Crippen LogP) is 2.13. The molecule has 0 unspecified atom stereocenters. The first kappa shape index (κ1) is 15.4. The van der Waals surface area contributed by atoms with E-state index in [0.717, 1.165) is 4.90 Å². The zero-order valence-corrected chi connectivity index (χ0v) is 11.9. The van der Waals surface area contributed by atoms with Crippen LogP contribution in [0.25, 0.3) is 0 Å². The van der Waals surface area contributed by atoms with E-state index in [-0.39, 0.29) is 5.75 Å². The van der Waals surface area contributed by atoms with Crippen LogP contribution in [0.2, 0.25) is 0 Å². The van der Waals surface area contributed by atoms with Crippen molar-refractivity contribution in [2.24, 2.45) is 0 Å². The third-order valence-corrected chi connectivity index (χ3v) is 3.04. The number of carboxylic acids is 1. The summed E-state index contributed by atoms with van der Waals surface area (Å²) in [6, 6.07) is 12.1. The topological polar surface area (TPSA) is 87.1 Å². The van der Waals surface area contributed by atoms with E-state index in [2.05, 4.69) is 0 Å². The summed E-state index contributed by atoms with van der Waals surface area (Å²) in [5.41, 5.74) is 0.733. The van der Waals surface area contributed by atoms with Gasteiger partial charge in [0.05, 0.1) is 7.11 Å². The van der Waals surface area contributed by atoms with Gasteiger partial charge in [0.25, 0.3) is 5.91 Å².